The van der Waals surface area contributed by atoms with E-state index in [2.05, 4.69) is 4.98 Å². The molecule has 0 aliphatic rings. The minimum Gasteiger partial charge on any atom is -0.491 e. The highest BCUT2D eigenvalue weighted by Crippen LogP contribution is 2.19. The first-order valence-electron chi connectivity index (χ1n) is 5.70. The molecular weight excluding hydrogens is 235 g/mol. The molecule has 2 aromatic rings. The number of aryl methyl sites for hydroxylation is 1. The van der Waals surface area contributed by atoms with Gasteiger partial charge in [-0.1, -0.05) is 0 Å². The van der Waals surface area contributed by atoms with Crippen molar-refractivity contribution in [2.45, 2.75) is 20.1 Å². The van der Waals surface area contributed by atoms with Gasteiger partial charge in [-0.15, -0.1) is 0 Å². The fraction of sp³-hybridized carbons (Fsp3) is 0.308. The van der Waals surface area contributed by atoms with E-state index in [4.69, 9.17) is 9.84 Å². The molecule has 1 aromatic carbocycles. The van der Waals surface area contributed by atoms with Gasteiger partial charge in [0.1, 0.15) is 24.0 Å². The van der Waals surface area contributed by atoms with Crippen molar-refractivity contribution in [2.24, 2.45) is 0 Å². The zero-order valence-electron chi connectivity index (χ0n) is 10.1. The van der Waals surface area contributed by atoms with Crippen LogP contribution in [0.1, 0.15) is 11.4 Å². The average Bonchev–Trinajstić information content (AvgIpc) is 2.77. The second-order valence-electron chi connectivity index (χ2n) is 3.93. The number of nitrogens with zero attached hydrogens (tertiary/aromatic N) is 2. The molecule has 96 valence electrons. The van der Waals surface area contributed by atoms with E-state index >= 15 is 0 Å². The summed E-state index contributed by atoms with van der Waals surface area (Å²) >= 11 is 0. The largest absolute Gasteiger partial charge is 0.491 e. The van der Waals surface area contributed by atoms with Gasteiger partial charge in [-0.3, -0.25) is 0 Å². The summed E-state index contributed by atoms with van der Waals surface area (Å²) < 4.78 is 20.5. The molecule has 5 heteroatoms. The Balaban J connectivity index is 1.96. The molecular formula is C13H15FN2O2. The molecule has 4 nitrogen and oxygen atoms in total. The monoisotopic (exact) mass is 250 g/mol. The molecule has 0 saturated heterocycles. The SMILES string of the molecule is Cc1nccn1CCOc1ccc(F)cc1CO. The Morgan fingerprint density at radius 2 is 2.28 bits per heavy atom. The van der Waals surface area contributed by atoms with E-state index in [1.165, 1.54) is 18.2 Å². The van der Waals surface area contributed by atoms with Crippen LogP contribution in [0.15, 0.2) is 30.6 Å². The van der Waals surface area contributed by atoms with E-state index in [0.717, 1.165) is 5.82 Å². The van der Waals surface area contributed by atoms with Crippen molar-refractivity contribution >= 4 is 0 Å². The van der Waals surface area contributed by atoms with Crippen molar-refractivity contribution in [2.75, 3.05) is 6.61 Å². The summed E-state index contributed by atoms with van der Waals surface area (Å²) in [6.45, 7) is 2.78. The predicted molar refractivity (Wildman–Crippen MR) is 64.8 cm³/mol. The fourth-order valence-corrected chi connectivity index (χ4v) is 1.71. The summed E-state index contributed by atoms with van der Waals surface area (Å²) in [5, 5.41) is 9.11. The Bertz CT molecular complexity index is 525. The maximum Gasteiger partial charge on any atom is 0.125 e. The smallest absolute Gasteiger partial charge is 0.125 e. The molecule has 0 aliphatic carbocycles. The summed E-state index contributed by atoms with van der Waals surface area (Å²) in [5.41, 5.74) is 0.456. The Labute approximate surface area is 105 Å². The van der Waals surface area contributed by atoms with Gasteiger partial charge in [0.05, 0.1) is 13.2 Å². The maximum atomic E-state index is 13.0. The first-order valence-corrected chi connectivity index (χ1v) is 5.70. The van der Waals surface area contributed by atoms with Gasteiger partial charge < -0.3 is 14.4 Å². The van der Waals surface area contributed by atoms with Crippen LogP contribution < -0.4 is 4.74 Å². The van der Waals surface area contributed by atoms with Gasteiger partial charge in [-0.25, -0.2) is 9.37 Å². The van der Waals surface area contributed by atoms with Gasteiger partial charge in [0.15, 0.2) is 0 Å². The van der Waals surface area contributed by atoms with Crippen molar-refractivity contribution < 1.29 is 14.2 Å². The van der Waals surface area contributed by atoms with E-state index in [1.807, 2.05) is 17.7 Å². The van der Waals surface area contributed by atoms with Crippen molar-refractivity contribution in [3.8, 4) is 5.75 Å². The van der Waals surface area contributed by atoms with Crippen molar-refractivity contribution in [3.63, 3.8) is 0 Å². The van der Waals surface area contributed by atoms with E-state index in [-0.39, 0.29) is 12.4 Å². The van der Waals surface area contributed by atoms with E-state index in [0.29, 0.717) is 24.5 Å². The number of aromatic nitrogens is 2. The quantitative estimate of drug-likeness (QED) is 0.881. The summed E-state index contributed by atoms with van der Waals surface area (Å²) in [4.78, 5) is 4.11. The van der Waals surface area contributed by atoms with Gasteiger partial charge in [-0.2, -0.15) is 0 Å². The van der Waals surface area contributed by atoms with E-state index < -0.39 is 0 Å². The average molecular weight is 250 g/mol. The lowest BCUT2D eigenvalue weighted by Crippen LogP contribution is -2.09. The fourth-order valence-electron chi connectivity index (χ4n) is 1.71. The van der Waals surface area contributed by atoms with Crippen LogP contribution in [0, 0.1) is 12.7 Å². The van der Waals surface area contributed by atoms with Crippen LogP contribution in [0.3, 0.4) is 0 Å². The summed E-state index contributed by atoms with van der Waals surface area (Å²) in [7, 11) is 0. The summed E-state index contributed by atoms with van der Waals surface area (Å²) in [6, 6.07) is 4.12. The van der Waals surface area contributed by atoms with Crippen LogP contribution in [-0.2, 0) is 13.2 Å². The molecule has 0 amide bonds. The summed E-state index contributed by atoms with van der Waals surface area (Å²) in [6.07, 6.45) is 3.60. The third-order valence-electron chi connectivity index (χ3n) is 2.71. The van der Waals surface area contributed by atoms with Gasteiger partial charge >= 0.3 is 0 Å². The Kier molecular flexibility index (Phi) is 3.94. The van der Waals surface area contributed by atoms with E-state index in [9.17, 15) is 4.39 Å². The minimum atomic E-state index is -0.378. The van der Waals surface area contributed by atoms with Crippen molar-refractivity contribution in [1.29, 1.82) is 0 Å². The number of aliphatic hydroxyl groups excluding tert-OH is 1. The van der Waals surface area contributed by atoms with Gasteiger partial charge in [-0.05, 0) is 25.1 Å². The summed E-state index contributed by atoms with van der Waals surface area (Å²) in [5.74, 6) is 1.05. The maximum absolute atomic E-state index is 13.0. The number of rotatable bonds is 5. The normalized spacial score (nSPS) is 10.6. The van der Waals surface area contributed by atoms with Crippen LogP contribution in [0.5, 0.6) is 5.75 Å². The zero-order chi connectivity index (χ0) is 13.0. The Hall–Kier alpha value is -1.88. The Morgan fingerprint density at radius 3 is 2.94 bits per heavy atom. The molecule has 1 N–H and O–H groups in total. The minimum absolute atomic E-state index is 0.239. The highest BCUT2D eigenvalue weighted by Gasteiger charge is 2.05. The molecule has 1 aromatic heterocycles. The number of benzene rings is 1. The van der Waals surface area contributed by atoms with Gasteiger partial charge in [0, 0.05) is 18.0 Å². The van der Waals surface area contributed by atoms with Crippen LogP contribution >= 0.6 is 0 Å². The van der Waals surface area contributed by atoms with Crippen LogP contribution in [0.2, 0.25) is 0 Å². The molecule has 0 radical (unpaired) electrons. The second-order valence-corrected chi connectivity index (χ2v) is 3.93. The molecule has 0 spiro atoms. The first-order chi connectivity index (χ1) is 8.70. The van der Waals surface area contributed by atoms with Crippen molar-refractivity contribution in [3.05, 3.63) is 47.8 Å². The van der Waals surface area contributed by atoms with E-state index in [1.54, 1.807) is 6.20 Å². The number of imidazole rings is 1. The topological polar surface area (TPSA) is 47.3 Å². The molecule has 2 rings (SSSR count). The molecule has 0 saturated carbocycles. The third-order valence-corrected chi connectivity index (χ3v) is 2.71. The highest BCUT2D eigenvalue weighted by molar-refractivity contribution is 5.33. The highest BCUT2D eigenvalue weighted by atomic mass is 19.1. The lowest BCUT2D eigenvalue weighted by atomic mass is 10.2. The molecule has 0 aliphatic heterocycles. The standard InChI is InChI=1S/C13H15FN2O2/c1-10-15-4-5-16(10)6-7-18-13-3-2-12(14)8-11(13)9-17/h2-5,8,17H,6-7,9H2,1H3. The number of ether oxygens (including phenoxy) is 1. The Morgan fingerprint density at radius 1 is 1.44 bits per heavy atom. The molecule has 1 heterocycles. The predicted octanol–water partition coefficient (Wildman–Crippen LogP) is 1.90. The van der Waals surface area contributed by atoms with Crippen molar-refractivity contribution in [1.82, 2.24) is 9.55 Å². The molecule has 0 fully saturated rings. The second kappa shape index (κ2) is 5.64. The van der Waals surface area contributed by atoms with Crippen LogP contribution in [-0.4, -0.2) is 21.3 Å². The number of aliphatic hydroxyl groups is 1. The molecule has 0 bridgehead atoms. The van der Waals surface area contributed by atoms with Gasteiger partial charge in [0.25, 0.3) is 0 Å². The number of halogens is 1. The molecule has 18 heavy (non-hydrogen) atoms. The van der Waals surface area contributed by atoms with Gasteiger partial charge in [0.2, 0.25) is 0 Å². The van der Waals surface area contributed by atoms with Crippen LogP contribution in [0.25, 0.3) is 0 Å². The molecule has 0 atom stereocenters. The lowest BCUT2D eigenvalue weighted by molar-refractivity contribution is 0.256. The number of hydrogen-bond donors (Lipinski definition) is 1. The van der Waals surface area contributed by atoms with Crippen LogP contribution in [0.4, 0.5) is 4.39 Å². The molecule has 0 unspecified atom stereocenters. The lowest BCUT2D eigenvalue weighted by Gasteiger charge is -2.11. The zero-order valence-corrected chi connectivity index (χ0v) is 10.1. The first kappa shape index (κ1) is 12.6. The third kappa shape index (κ3) is 2.87. The number of hydrogen-bond acceptors (Lipinski definition) is 3.